The summed E-state index contributed by atoms with van der Waals surface area (Å²) in [4.78, 5) is 2.52. The predicted molar refractivity (Wildman–Crippen MR) is 68.1 cm³/mol. The Morgan fingerprint density at radius 2 is 2.06 bits per heavy atom. The van der Waals surface area contributed by atoms with Gasteiger partial charge in [-0.1, -0.05) is 6.92 Å². The van der Waals surface area contributed by atoms with E-state index in [1.54, 1.807) is 0 Å². The molecule has 100 valence electrons. The normalized spacial score (nSPS) is 36.0. The number of nitrogens with one attached hydrogen (secondary N) is 1. The number of morpholine rings is 1. The van der Waals surface area contributed by atoms with Gasteiger partial charge >= 0.3 is 0 Å². The van der Waals surface area contributed by atoms with Gasteiger partial charge < -0.3 is 15.2 Å². The molecule has 4 heteroatoms. The zero-order valence-corrected chi connectivity index (χ0v) is 10.9. The van der Waals surface area contributed by atoms with E-state index in [2.05, 4.69) is 17.1 Å². The minimum absolute atomic E-state index is 0.0373. The molecule has 2 fully saturated rings. The zero-order valence-electron chi connectivity index (χ0n) is 10.9. The van der Waals surface area contributed by atoms with E-state index in [9.17, 15) is 0 Å². The molecular formula is C13H26N2O2. The first-order chi connectivity index (χ1) is 8.33. The van der Waals surface area contributed by atoms with Gasteiger partial charge in [0.15, 0.2) is 0 Å². The number of aliphatic hydroxyl groups is 1. The maximum atomic E-state index is 9.16. The Bertz CT molecular complexity index is 217. The maximum Gasteiger partial charge on any atom is 0.0932 e. The number of hydrogen-bond donors (Lipinski definition) is 2. The van der Waals surface area contributed by atoms with E-state index in [0.717, 1.165) is 32.3 Å². The van der Waals surface area contributed by atoms with Gasteiger partial charge in [0.25, 0.3) is 0 Å². The average Bonchev–Trinajstić information content (AvgIpc) is 2.40. The third-order valence-electron chi connectivity index (χ3n) is 4.08. The predicted octanol–water partition coefficient (Wildman–Crippen LogP) is 0.600. The molecule has 2 rings (SSSR count). The molecule has 1 atom stereocenters. The lowest BCUT2D eigenvalue weighted by Gasteiger charge is -2.41. The quantitative estimate of drug-likeness (QED) is 0.758. The van der Waals surface area contributed by atoms with Gasteiger partial charge in [-0.2, -0.15) is 0 Å². The lowest BCUT2D eigenvalue weighted by molar-refractivity contribution is -0.0692. The lowest BCUT2D eigenvalue weighted by atomic mass is 9.89. The highest BCUT2D eigenvalue weighted by Gasteiger charge is 2.29. The second-order valence-electron chi connectivity index (χ2n) is 5.23. The summed E-state index contributed by atoms with van der Waals surface area (Å²) in [6.07, 6.45) is 5.19. The second kappa shape index (κ2) is 6.69. The molecule has 1 saturated carbocycles. The molecule has 17 heavy (non-hydrogen) atoms. The smallest absolute Gasteiger partial charge is 0.0932 e. The summed E-state index contributed by atoms with van der Waals surface area (Å²) < 4.78 is 5.50. The van der Waals surface area contributed by atoms with Crippen molar-refractivity contribution in [3.63, 3.8) is 0 Å². The molecule has 1 heterocycles. The van der Waals surface area contributed by atoms with Crippen LogP contribution in [0.4, 0.5) is 0 Å². The van der Waals surface area contributed by atoms with Gasteiger partial charge in [-0.3, -0.25) is 4.90 Å². The fourth-order valence-corrected chi connectivity index (χ4v) is 3.12. The number of hydrogen-bond acceptors (Lipinski definition) is 4. The summed E-state index contributed by atoms with van der Waals surface area (Å²) in [7, 11) is 0. The molecule has 1 saturated heterocycles. The van der Waals surface area contributed by atoms with E-state index in [4.69, 9.17) is 9.84 Å². The van der Waals surface area contributed by atoms with Gasteiger partial charge in [0.1, 0.15) is 0 Å². The second-order valence-corrected chi connectivity index (χ2v) is 5.23. The van der Waals surface area contributed by atoms with Crippen molar-refractivity contribution in [1.29, 1.82) is 0 Å². The van der Waals surface area contributed by atoms with Crippen molar-refractivity contribution in [2.45, 2.75) is 50.8 Å². The monoisotopic (exact) mass is 242 g/mol. The van der Waals surface area contributed by atoms with Crippen LogP contribution >= 0.6 is 0 Å². The Morgan fingerprint density at radius 1 is 1.29 bits per heavy atom. The van der Waals surface area contributed by atoms with Crippen LogP contribution in [0.2, 0.25) is 0 Å². The van der Waals surface area contributed by atoms with Crippen LogP contribution in [-0.2, 0) is 4.74 Å². The maximum absolute atomic E-state index is 9.16. The van der Waals surface area contributed by atoms with Crippen molar-refractivity contribution < 1.29 is 9.84 Å². The molecule has 2 N–H and O–H groups in total. The fourth-order valence-electron chi connectivity index (χ4n) is 3.12. The van der Waals surface area contributed by atoms with E-state index < -0.39 is 0 Å². The van der Waals surface area contributed by atoms with Crippen LogP contribution in [0.1, 0.15) is 32.6 Å². The SMILES string of the molecule is CCNC1CCC(N2CCOC(CO)C2)CC1. The first-order valence-corrected chi connectivity index (χ1v) is 7.03. The van der Waals surface area contributed by atoms with Crippen LogP contribution in [-0.4, -0.2) is 61.0 Å². The molecule has 0 radical (unpaired) electrons. The molecule has 0 aromatic rings. The Morgan fingerprint density at radius 3 is 2.71 bits per heavy atom. The van der Waals surface area contributed by atoms with Crippen molar-refractivity contribution >= 4 is 0 Å². The number of nitrogens with zero attached hydrogens (tertiary/aromatic N) is 1. The molecule has 0 amide bonds. The van der Waals surface area contributed by atoms with Crippen LogP contribution in [0.15, 0.2) is 0 Å². The highest BCUT2D eigenvalue weighted by molar-refractivity contribution is 4.85. The largest absolute Gasteiger partial charge is 0.394 e. The Balaban J connectivity index is 1.76. The van der Waals surface area contributed by atoms with Crippen molar-refractivity contribution in [3.8, 4) is 0 Å². The van der Waals surface area contributed by atoms with Crippen molar-refractivity contribution in [2.24, 2.45) is 0 Å². The molecular weight excluding hydrogens is 216 g/mol. The van der Waals surface area contributed by atoms with E-state index in [1.165, 1.54) is 25.7 Å². The Hall–Kier alpha value is -0.160. The summed E-state index contributed by atoms with van der Waals surface area (Å²) in [5.41, 5.74) is 0. The van der Waals surface area contributed by atoms with E-state index in [0.29, 0.717) is 6.04 Å². The number of aliphatic hydroxyl groups excluding tert-OH is 1. The number of ether oxygens (including phenoxy) is 1. The summed E-state index contributed by atoms with van der Waals surface area (Å²) in [5.74, 6) is 0. The van der Waals surface area contributed by atoms with Gasteiger partial charge in [0.05, 0.1) is 19.3 Å². The lowest BCUT2D eigenvalue weighted by Crippen LogP contribution is -2.50. The van der Waals surface area contributed by atoms with Crippen molar-refractivity contribution in [3.05, 3.63) is 0 Å². The number of rotatable bonds is 4. The summed E-state index contributed by atoms with van der Waals surface area (Å²) in [5, 5.41) is 12.7. The van der Waals surface area contributed by atoms with Crippen LogP contribution in [0.3, 0.4) is 0 Å². The van der Waals surface area contributed by atoms with E-state index >= 15 is 0 Å². The topological polar surface area (TPSA) is 44.7 Å². The van der Waals surface area contributed by atoms with E-state index in [1.807, 2.05) is 0 Å². The minimum Gasteiger partial charge on any atom is -0.394 e. The Kier molecular flexibility index (Phi) is 5.22. The molecule has 0 bridgehead atoms. The summed E-state index contributed by atoms with van der Waals surface area (Å²) >= 11 is 0. The van der Waals surface area contributed by atoms with Gasteiger partial charge in [-0.15, -0.1) is 0 Å². The molecule has 0 aromatic heterocycles. The highest BCUT2D eigenvalue weighted by atomic mass is 16.5. The average molecular weight is 242 g/mol. The standard InChI is InChI=1S/C13H26N2O2/c1-2-14-11-3-5-12(6-4-11)15-7-8-17-13(9-15)10-16/h11-14,16H,2-10H2,1H3. The molecule has 0 aromatic carbocycles. The first-order valence-electron chi connectivity index (χ1n) is 7.03. The van der Waals surface area contributed by atoms with Crippen molar-refractivity contribution in [2.75, 3.05) is 32.8 Å². The van der Waals surface area contributed by atoms with Crippen LogP contribution in [0.25, 0.3) is 0 Å². The van der Waals surface area contributed by atoms with Gasteiger partial charge in [-0.05, 0) is 32.2 Å². The molecule has 0 spiro atoms. The third-order valence-corrected chi connectivity index (χ3v) is 4.08. The van der Waals surface area contributed by atoms with Gasteiger partial charge in [0, 0.05) is 25.2 Å². The third kappa shape index (κ3) is 3.65. The molecule has 1 aliphatic heterocycles. The molecule has 2 aliphatic rings. The zero-order chi connectivity index (χ0) is 12.1. The van der Waals surface area contributed by atoms with Crippen LogP contribution in [0, 0.1) is 0 Å². The van der Waals surface area contributed by atoms with Crippen LogP contribution < -0.4 is 5.32 Å². The summed E-state index contributed by atoms with van der Waals surface area (Å²) in [6.45, 7) is 6.14. The van der Waals surface area contributed by atoms with E-state index in [-0.39, 0.29) is 12.7 Å². The van der Waals surface area contributed by atoms with Gasteiger partial charge in [-0.25, -0.2) is 0 Å². The fraction of sp³-hybridized carbons (Fsp3) is 1.00. The summed E-state index contributed by atoms with van der Waals surface area (Å²) in [6, 6.07) is 1.44. The molecule has 4 nitrogen and oxygen atoms in total. The Labute approximate surface area is 104 Å². The van der Waals surface area contributed by atoms with Crippen LogP contribution in [0.5, 0.6) is 0 Å². The van der Waals surface area contributed by atoms with Crippen molar-refractivity contribution in [1.82, 2.24) is 10.2 Å². The molecule has 1 aliphatic carbocycles. The van der Waals surface area contributed by atoms with Gasteiger partial charge in [0.2, 0.25) is 0 Å². The highest BCUT2D eigenvalue weighted by Crippen LogP contribution is 2.24. The molecule has 1 unspecified atom stereocenters. The first kappa shape index (κ1) is 13.3. The minimum atomic E-state index is 0.0373.